The first kappa shape index (κ1) is 16.7. The lowest BCUT2D eigenvalue weighted by molar-refractivity contribution is -0.138. The highest BCUT2D eigenvalue weighted by Gasteiger charge is 2.35. The topological polar surface area (TPSA) is 63.9 Å². The largest absolute Gasteiger partial charge is 0.338 e. The van der Waals surface area contributed by atoms with Gasteiger partial charge in [0.25, 0.3) is 0 Å². The van der Waals surface area contributed by atoms with Gasteiger partial charge in [-0.3, -0.25) is 4.79 Å². The Morgan fingerprint density at radius 1 is 1.12 bits per heavy atom. The number of likely N-dealkylation sites (tertiary alicyclic amines) is 1. The first-order valence-electron chi connectivity index (χ1n) is 9.04. The summed E-state index contributed by atoms with van der Waals surface area (Å²) >= 11 is 3.42. The summed E-state index contributed by atoms with van der Waals surface area (Å²) in [6.07, 6.45) is 7.34. The fourth-order valence-electron chi connectivity index (χ4n) is 4.17. The van der Waals surface area contributed by atoms with E-state index >= 15 is 0 Å². The molecule has 6 nitrogen and oxygen atoms in total. The Hall–Kier alpha value is -1.76. The number of aromatic nitrogens is 4. The zero-order valence-electron chi connectivity index (χ0n) is 14.1. The maximum Gasteiger partial charge on any atom is 0.246 e. The number of tetrazole rings is 1. The number of amides is 1. The Balaban J connectivity index is 1.45. The van der Waals surface area contributed by atoms with E-state index in [-0.39, 0.29) is 12.5 Å². The molecule has 1 saturated carbocycles. The molecule has 0 bridgehead atoms. The third kappa shape index (κ3) is 3.61. The van der Waals surface area contributed by atoms with Crippen LogP contribution in [-0.4, -0.2) is 43.6 Å². The number of fused-ring (bicyclic) bond motifs is 1. The van der Waals surface area contributed by atoms with Crippen molar-refractivity contribution < 1.29 is 4.79 Å². The van der Waals surface area contributed by atoms with Gasteiger partial charge in [-0.05, 0) is 61.1 Å². The van der Waals surface area contributed by atoms with Crippen molar-refractivity contribution in [2.45, 2.75) is 51.1 Å². The lowest BCUT2D eigenvalue weighted by atomic mass is 9.78. The first-order valence-corrected chi connectivity index (χ1v) is 9.83. The third-order valence-electron chi connectivity index (χ3n) is 5.40. The Kier molecular flexibility index (Phi) is 4.83. The molecule has 1 aromatic heterocycles. The van der Waals surface area contributed by atoms with Crippen LogP contribution in [0.25, 0.3) is 11.4 Å². The number of hydrogen-bond acceptors (Lipinski definition) is 4. The summed E-state index contributed by atoms with van der Waals surface area (Å²) in [5.74, 6) is 1.36. The van der Waals surface area contributed by atoms with Gasteiger partial charge in [-0.1, -0.05) is 28.8 Å². The zero-order valence-corrected chi connectivity index (χ0v) is 15.7. The zero-order chi connectivity index (χ0) is 17.2. The molecule has 25 heavy (non-hydrogen) atoms. The maximum absolute atomic E-state index is 12.8. The van der Waals surface area contributed by atoms with Crippen LogP contribution in [-0.2, 0) is 11.3 Å². The molecule has 1 saturated heterocycles. The van der Waals surface area contributed by atoms with Gasteiger partial charge < -0.3 is 4.90 Å². The van der Waals surface area contributed by atoms with Crippen LogP contribution in [0.5, 0.6) is 0 Å². The van der Waals surface area contributed by atoms with Gasteiger partial charge in [0, 0.05) is 22.6 Å². The molecule has 0 unspecified atom stereocenters. The van der Waals surface area contributed by atoms with Crippen LogP contribution in [0, 0.1) is 5.92 Å². The van der Waals surface area contributed by atoms with E-state index in [1.54, 1.807) is 0 Å². The van der Waals surface area contributed by atoms with Gasteiger partial charge >= 0.3 is 0 Å². The van der Waals surface area contributed by atoms with Crippen LogP contribution in [0.3, 0.4) is 0 Å². The molecular weight excluding hydrogens is 382 g/mol. The second-order valence-electron chi connectivity index (χ2n) is 6.99. The monoisotopic (exact) mass is 403 g/mol. The quantitative estimate of drug-likeness (QED) is 0.788. The van der Waals surface area contributed by atoms with Crippen LogP contribution in [0.2, 0.25) is 0 Å². The lowest BCUT2D eigenvalue weighted by Gasteiger charge is -2.44. The number of hydrogen-bond donors (Lipinski definition) is 0. The molecule has 2 aromatic rings. The Morgan fingerprint density at radius 2 is 1.88 bits per heavy atom. The average molecular weight is 404 g/mol. The van der Waals surface area contributed by atoms with Crippen molar-refractivity contribution in [1.82, 2.24) is 25.1 Å². The predicted molar refractivity (Wildman–Crippen MR) is 97.6 cm³/mol. The SMILES string of the molecule is O=C(Cn1nnc(-c2ccc(Br)cc2)n1)N1CCC[C@@H]2CCCC[C@H]21. The summed E-state index contributed by atoms with van der Waals surface area (Å²) in [5, 5.41) is 12.5. The molecule has 0 spiro atoms. The molecule has 0 radical (unpaired) electrons. The minimum absolute atomic E-state index is 0.122. The van der Waals surface area contributed by atoms with Gasteiger partial charge in [-0.15, -0.1) is 10.2 Å². The minimum Gasteiger partial charge on any atom is -0.338 e. The predicted octanol–water partition coefficient (Wildman–Crippen LogP) is 3.28. The molecule has 1 aromatic carbocycles. The van der Waals surface area contributed by atoms with E-state index < -0.39 is 0 Å². The van der Waals surface area contributed by atoms with Gasteiger partial charge in [0.05, 0.1) is 0 Å². The highest BCUT2D eigenvalue weighted by molar-refractivity contribution is 9.10. The van der Waals surface area contributed by atoms with Gasteiger partial charge in [0.1, 0.15) is 6.54 Å². The van der Waals surface area contributed by atoms with E-state index in [0.717, 1.165) is 29.4 Å². The summed E-state index contributed by atoms with van der Waals surface area (Å²) in [7, 11) is 0. The fourth-order valence-corrected chi connectivity index (χ4v) is 4.44. The van der Waals surface area contributed by atoms with E-state index in [4.69, 9.17) is 0 Å². The number of nitrogens with zero attached hydrogens (tertiary/aromatic N) is 5. The number of carbonyl (C=O) groups is 1. The summed E-state index contributed by atoms with van der Waals surface area (Å²) in [4.78, 5) is 16.3. The number of benzene rings is 1. The average Bonchev–Trinajstić information content (AvgIpc) is 3.10. The molecule has 2 aliphatic rings. The van der Waals surface area contributed by atoms with Crippen molar-refractivity contribution in [3.63, 3.8) is 0 Å². The highest BCUT2D eigenvalue weighted by atomic mass is 79.9. The second kappa shape index (κ2) is 7.23. The van der Waals surface area contributed by atoms with Gasteiger partial charge in [0.2, 0.25) is 11.7 Å². The van der Waals surface area contributed by atoms with Crippen LogP contribution < -0.4 is 0 Å². The van der Waals surface area contributed by atoms with E-state index in [0.29, 0.717) is 17.8 Å². The molecule has 1 amide bonds. The van der Waals surface area contributed by atoms with Crippen LogP contribution >= 0.6 is 15.9 Å². The highest BCUT2D eigenvalue weighted by Crippen LogP contribution is 2.35. The molecule has 2 atom stereocenters. The second-order valence-corrected chi connectivity index (χ2v) is 7.91. The van der Waals surface area contributed by atoms with Crippen molar-refractivity contribution >= 4 is 21.8 Å². The molecule has 2 fully saturated rings. The Labute approximate surface area is 155 Å². The molecule has 132 valence electrons. The Morgan fingerprint density at radius 3 is 2.72 bits per heavy atom. The van der Waals surface area contributed by atoms with Gasteiger partial charge in [-0.25, -0.2) is 0 Å². The van der Waals surface area contributed by atoms with E-state index in [2.05, 4.69) is 36.2 Å². The van der Waals surface area contributed by atoms with E-state index in [1.165, 1.54) is 30.5 Å². The number of carbonyl (C=O) groups excluding carboxylic acids is 1. The first-order chi connectivity index (χ1) is 12.2. The summed E-state index contributed by atoms with van der Waals surface area (Å²) in [6.45, 7) is 1.04. The van der Waals surface area contributed by atoms with Crippen LogP contribution in [0.1, 0.15) is 38.5 Å². The molecular formula is C18H22BrN5O. The Bertz CT molecular complexity index is 742. The fraction of sp³-hybridized carbons (Fsp3) is 0.556. The molecule has 1 aliphatic heterocycles. The molecule has 1 aliphatic carbocycles. The van der Waals surface area contributed by atoms with Crippen LogP contribution in [0.4, 0.5) is 0 Å². The summed E-state index contributed by atoms with van der Waals surface area (Å²) in [6, 6.07) is 8.18. The normalized spacial score (nSPS) is 23.3. The standard InChI is InChI=1S/C18H22BrN5O/c19-15-9-7-14(8-10-15)18-20-22-24(21-18)12-17(25)23-11-3-5-13-4-1-2-6-16(13)23/h7-10,13,16H,1-6,11-12H2/t13-,16+/m0/s1. The van der Waals surface area contributed by atoms with E-state index in [1.807, 2.05) is 24.3 Å². The smallest absolute Gasteiger partial charge is 0.246 e. The summed E-state index contributed by atoms with van der Waals surface area (Å²) in [5.41, 5.74) is 0.896. The van der Waals surface area contributed by atoms with E-state index in [9.17, 15) is 4.79 Å². The minimum atomic E-state index is 0.122. The molecule has 4 rings (SSSR count). The number of rotatable bonds is 3. The van der Waals surface area contributed by atoms with Crippen molar-refractivity contribution in [2.75, 3.05) is 6.54 Å². The van der Waals surface area contributed by atoms with Gasteiger partial charge in [-0.2, -0.15) is 4.80 Å². The van der Waals surface area contributed by atoms with Crippen molar-refractivity contribution in [2.24, 2.45) is 5.92 Å². The van der Waals surface area contributed by atoms with Crippen molar-refractivity contribution in [1.29, 1.82) is 0 Å². The maximum atomic E-state index is 12.8. The third-order valence-corrected chi connectivity index (χ3v) is 5.92. The van der Waals surface area contributed by atoms with Crippen LogP contribution in [0.15, 0.2) is 28.7 Å². The number of halogens is 1. The lowest BCUT2D eigenvalue weighted by Crippen LogP contribution is -2.50. The molecule has 2 heterocycles. The number of piperidine rings is 1. The summed E-state index contributed by atoms with van der Waals surface area (Å²) < 4.78 is 1.01. The molecule has 7 heteroatoms. The van der Waals surface area contributed by atoms with Crippen molar-refractivity contribution in [3.05, 3.63) is 28.7 Å². The van der Waals surface area contributed by atoms with Crippen molar-refractivity contribution in [3.8, 4) is 11.4 Å². The molecule has 0 N–H and O–H groups in total. The van der Waals surface area contributed by atoms with Gasteiger partial charge in [0.15, 0.2) is 0 Å².